The standard InChI is InChI=1S/C23H26ClN5O3/c1-27(2)13-16-7-9-28(14-16)21-6-5-20(23(31)26-21)29-10-8-19(11-22(29)30)32-15-18-4-3-17(24)12-25-18/h3-6,8,10-12,16H,7,9,13-15H2,1-2H3,(H,26,31)/t16-/m0/s1. The molecule has 0 unspecified atom stereocenters. The Hall–Kier alpha value is -3.10. The summed E-state index contributed by atoms with van der Waals surface area (Å²) in [6.07, 6.45) is 4.17. The van der Waals surface area contributed by atoms with Crippen LogP contribution in [0.15, 0.2) is 58.4 Å². The summed E-state index contributed by atoms with van der Waals surface area (Å²) in [5, 5.41) is 0.547. The Kier molecular flexibility index (Phi) is 6.62. The van der Waals surface area contributed by atoms with Gasteiger partial charge in [-0.05, 0) is 56.8 Å². The van der Waals surface area contributed by atoms with E-state index in [2.05, 4.69) is 33.9 Å². The number of pyridine rings is 3. The first kappa shape index (κ1) is 22.1. The van der Waals surface area contributed by atoms with Crippen molar-refractivity contribution in [2.24, 2.45) is 5.92 Å². The Morgan fingerprint density at radius 3 is 2.75 bits per heavy atom. The topological polar surface area (TPSA) is 83.5 Å². The van der Waals surface area contributed by atoms with Crippen molar-refractivity contribution in [1.29, 1.82) is 0 Å². The molecule has 0 spiro atoms. The van der Waals surface area contributed by atoms with Crippen molar-refractivity contribution in [2.75, 3.05) is 38.6 Å². The molecule has 1 aliphatic rings. The van der Waals surface area contributed by atoms with Crippen molar-refractivity contribution in [3.8, 4) is 11.4 Å². The third kappa shape index (κ3) is 5.20. The highest BCUT2D eigenvalue weighted by Gasteiger charge is 2.24. The number of nitrogens with zero attached hydrogens (tertiary/aromatic N) is 4. The van der Waals surface area contributed by atoms with Crippen molar-refractivity contribution in [1.82, 2.24) is 19.4 Å². The van der Waals surface area contributed by atoms with Crippen molar-refractivity contribution < 1.29 is 4.74 Å². The lowest BCUT2D eigenvalue weighted by atomic mass is 10.1. The zero-order valence-corrected chi connectivity index (χ0v) is 18.9. The summed E-state index contributed by atoms with van der Waals surface area (Å²) in [7, 11) is 4.14. The molecule has 8 nitrogen and oxygen atoms in total. The summed E-state index contributed by atoms with van der Waals surface area (Å²) >= 11 is 5.83. The Morgan fingerprint density at radius 2 is 2.06 bits per heavy atom. The zero-order chi connectivity index (χ0) is 22.7. The maximum absolute atomic E-state index is 12.7. The van der Waals surface area contributed by atoms with Gasteiger partial charge in [0.15, 0.2) is 0 Å². The number of aromatic amines is 1. The van der Waals surface area contributed by atoms with Crippen LogP contribution in [-0.2, 0) is 6.61 Å². The molecule has 1 N–H and O–H groups in total. The van der Waals surface area contributed by atoms with Crippen LogP contribution in [-0.4, -0.2) is 53.2 Å². The van der Waals surface area contributed by atoms with Gasteiger partial charge in [0.25, 0.3) is 11.1 Å². The summed E-state index contributed by atoms with van der Waals surface area (Å²) in [6.45, 7) is 3.04. The van der Waals surface area contributed by atoms with E-state index in [1.165, 1.54) is 10.6 Å². The Morgan fingerprint density at radius 1 is 1.22 bits per heavy atom. The lowest BCUT2D eigenvalue weighted by molar-refractivity contribution is 0.300. The molecule has 4 rings (SSSR count). The minimum absolute atomic E-state index is 0.209. The van der Waals surface area contributed by atoms with E-state index >= 15 is 0 Å². The highest BCUT2D eigenvalue weighted by molar-refractivity contribution is 6.30. The molecular formula is C23H26ClN5O3. The van der Waals surface area contributed by atoms with Crippen LogP contribution in [0.5, 0.6) is 5.75 Å². The van der Waals surface area contributed by atoms with E-state index < -0.39 is 0 Å². The van der Waals surface area contributed by atoms with Gasteiger partial charge in [0.2, 0.25) is 0 Å². The fraction of sp³-hybridized carbons (Fsp3) is 0.348. The number of aromatic nitrogens is 3. The quantitative estimate of drug-likeness (QED) is 0.589. The van der Waals surface area contributed by atoms with Crippen molar-refractivity contribution in [3.63, 3.8) is 0 Å². The summed E-state index contributed by atoms with van der Waals surface area (Å²) in [5.74, 6) is 1.76. The van der Waals surface area contributed by atoms with Gasteiger partial charge in [-0.2, -0.15) is 0 Å². The van der Waals surface area contributed by atoms with Crippen LogP contribution in [0.2, 0.25) is 5.02 Å². The molecule has 0 amide bonds. The van der Waals surface area contributed by atoms with Gasteiger partial charge >= 0.3 is 0 Å². The Labute approximate surface area is 191 Å². The molecule has 3 aromatic rings. The van der Waals surface area contributed by atoms with Gasteiger partial charge in [0.1, 0.15) is 23.9 Å². The Bertz CT molecular complexity index is 1190. The first-order valence-electron chi connectivity index (χ1n) is 10.5. The van der Waals surface area contributed by atoms with Crippen molar-refractivity contribution >= 4 is 17.4 Å². The SMILES string of the molecule is CN(C)C[C@@H]1CCN(c2ccc(-n3ccc(OCc4ccc(Cl)cn4)cc3=O)c(=O)[nH]2)C1. The smallest absolute Gasteiger partial charge is 0.273 e. The molecule has 1 aliphatic heterocycles. The summed E-state index contributed by atoms with van der Waals surface area (Å²) in [4.78, 5) is 36.8. The number of hydrogen-bond donors (Lipinski definition) is 1. The maximum atomic E-state index is 12.7. The summed E-state index contributed by atoms with van der Waals surface area (Å²) in [5.41, 5.74) is 0.311. The van der Waals surface area contributed by atoms with Crippen LogP contribution < -0.4 is 20.8 Å². The normalized spacial score (nSPS) is 16.0. The molecule has 0 saturated carbocycles. The number of H-pyrrole nitrogens is 1. The molecule has 9 heteroatoms. The van der Waals surface area contributed by atoms with Crippen LogP contribution in [0.4, 0.5) is 5.82 Å². The minimum Gasteiger partial charge on any atom is -0.487 e. The van der Waals surface area contributed by atoms with E-state index in [1.807, 2.05) is 6.07 Å². The molecule has 4 heterocycles. The third-order valence-electron chi connectivity index (χ3n) is 5.45. The van der Waals surface area contributed by atoms with Gasteiger partial charge in [-0.3, -0.25) is 19.1 Å². The predicted octanol–water partition coefficient (Wildman–Crippen LogP) is 2.54. The number of nitrogens with one attached hydrogen (secondary N) is 1. The van der Waals surface area contributed by atoms with E-state index in [4.69, 9.17) is 16.3 Å². The number of hydrogen-bond acceptors (Lipinski definition) is 6. The fourth-order valence-electron chi connectivity index (χ4n) is 3.95. The van der Waals surface area contributed by atoms with Crippen molar-refractivity contribution in [2.45, 2.75) is 13.0 Å². The Balaban J connectivity index is 1.46. The van der Waals surface area contributed by atoms with Crippen LogP contribution in [0.3, 0.4) is 0 Å². The lowest BCUT2D eigenvalue weighted by Gasteiger charge is -2.20. The molecule has 1 saturated heterocycles. The predicted molar refractivity (Wildman–Crippen MR) is 125 cm³/mol. The number of halogens is 1. The van der Waals surface area contributed by atoms with Crippen LogP contribution in [0.1, 0.15) is 12.1 Å². The van der Waals surface area contributed by atoms with Gasteiger partial charge < -0.3 is 19.5 Å². The van der Waals surface area contributed by atoms with Crippen LogP contribution in [0, 0.1) is 5.92 Å². The van der Waals surface area contributed by atoms with Crippen LogP contribution >= 0.6 is 11.6 Å². The molecule has 0 radical (unpaired) electrons. The molecular weight excluding hydrogens is 430 g/mol. The molecule has 32 heavy (non-hydrogen) atoms. The summed E-state index contributed by atoms with van der Waals surface area (Å²) < 4.78 is 6.96. The monoisotopic (exact) mass is 455 g/mol. The molecule has 0 aromatic carbocycles. The molecule has 1 fully saturated rings. The third-order valence-corrected chi connectivity index (χ3v) is 5.67. The number of rotatable bonds is 7. The van der Waals surface area contributed by atoms with E-state index in [0.29, 0.717) is 22.4 Å². The first-order valence-corrected chi connectivity index (χ1v) is 10.9. The average Bonchev–Trinajstić information content (AvgIpc) is 3.21. The van der Waals surface area contributed by atoms with E-state index in [0.717, 1.165) is 31.9 Å². The average molecular weight is 456 g/mol. The second kappa shape index (κ2) is 9.58. The molecule has 0 bridgehead atoms. The van der Waals surface area contributed by atoms with Gasteiger partial charge in [0, 0.05) is 38.1 Å². The molecule has 3 aromatic heterocycles. The lowest BCUT2D eigenvalue weighted by Crippen LogP contribution is -2.29. The molecule has 0 aliphatic carbocycles. The highest BCUT2D eigenvalue weighted by Crippen LogP contribution is 2.22. The largest absolute Gasteiger partial charge is 0.487 e. The fourth-order valence-corrected chi connectivity index (χ4v) is 4.06. The minimum atomic E-state index is -0.350. The molecule has 1 atom stereocenters. The second-order valence-corrected chi connectivity index (χ2v) is 8.68. The van der Waals surface area contributed by atoms with Crippen molar-refractivity contribution in [3.05, 3.63) is 80.2 Å². The van der Waals surface area contributed by atoms with Crippen LogP contribution in [0.25, 0.3) is 5.69 Å². The first-order chi connectivity index (χ1) is 15.4. The van der Waals surface area contributed by atoms with Gasteiger partial charge in [-0.25, -0.2) is 0 Å². The number of ether oxygens (including phenoxy) is 1. The van der Waals surface area contributed by atoms with Gasteiger partial charge in [-0.15, -0.1) is 0 Å². The van der Waals surface area contributed by atoms with E-state index in [1.54, 1.807) is 36.7 Å². The second-order valence-electron chi connectivity index (χ2n) is 8.25. The van der Waals surface area contributed by atoms with Gasteiger partial charge in [-0.1, -0.05) is 11.6 Å². The van der Waals surface area contributed by atoms with E-state index in [-0.39, 0.29) is 23.4 Å². The maximum Gasteiger partial charge on any atom is 0.273 e. The zero-order valence-electron chi connectivity index (χ0n) is 18.1. The highest BCUT2D eigenvalue weighted by atomic mass is 35.5. The van der Waals surface area contributed by atoms with E-state index in [9.17, 15) is 9.59 Å². The number of anilines is 1. The van der Waals surface area contributed by atoms with Gasteiger partial charge in [0.05, 0.1) is 10.7 Å². The summed E-state index contributed by atoms with van der Waals surface area (Å²) in [6, 6.07) is 10.0. The molecule has 168 valence electrons.